The van der Waals surface area contributed by atoms with Crippen LogP contribution < -0.4 is 0 Å². The summed E-state index contributed by atoms with van der Waals surface area (Å²) in [6.45, 7) is 0. The highest BCUT2D eigenvalue weighted by Gasteiger charge is 2.60. The minimum absolute atomic E-state index is 0.0731. The number of fused-ring (bicyclic) bond motifs is 3. The molecule has 0 radical (unpaired) electrons. The molecule has 14 heavy (non-hydrogen) atoms. The first-order valence-electron chi connectivity index (χ1n) is 6.46. The lowest BCUT2D eigenvalue weighted by Gasteiger charge is -2.21. The average molecular weight is 192 g/mol. The molecule has 4 rings (SSSR count). The van der Waals surface area contributed by atoms with Gasteiger partial charge in [0.2, 0.25) is 0 Å². The van der Waals surface area contributed by atoms with Gasteiger partial charge in [0.15, 0.2) is 0 Å². The SMILES string of the molecule is OC1CC[C@@H]2C[C@H]3CC4(CC4)C[C@H]3[C@H]12. The molecule has 0 bridgehead atoms. The van der Waals surface area contributed by atoms with Crippen molar-refractivity contribution in [1.82, 2.24) is 0 Å². The smallest absolute Gasteiger partial charge is 0.0573 e. The van der Waals surface area contributed by atoms with E-state index in [9.17, 15) is 5.11 Å². The molecule has 1 N–H and O–H groups in total. The van der Waals surface area contributed by atoms with Gasteiger partial charge >= 0.3 is 0 Å². The Morgan fingerprint density at radius 3 is 2.64 bits per heavy atom. The van der Waals surface area contributed by atoms with E-state index in [4.69, 9.17) is 0 Å². The van der Waals surface area contributed by atoms with Crippen LogP contribution in [0.4, 0.5) is 0 Å². The third-order valence-corrected chi connectivity index (χ3v) is 5.85. The summed E-state index contributed by atoms with van der Waals surface area (Å²) in [6, 6.07) is 0. The lowest BCUT2D eigenvalue weighted by Crippen LogP contribution is -2.22. The first kappa shape index (κ1) is 8.15. The standard InChI is InChI=1S/C13H20O/c14-11-2-1-8-5-9-6-13(3-4-13)7-10(9)12(8)11/h8-12,14H,1-7H2/t8-,9+,10-,11?,12-/m1/s1. The van der Waals surface area contributed by atoms with Crippen LogP contribution in [0.3, 0.4) is 0 Å². The zero-order valence-corrected chi connectivity index (χ0v) is 8.78. The van der Waals surface area contributed by atoms with Gasteiger partial charge in [-0.3, -0.25) is 0 Å². The monoisotopic (exact) mass is 192 g/mol. The van der Waals surface area contributed by atoms with Crippen molar-refractivity contribution < 1.29 is 5.11 Å². The van der Waals surface area contributed by atoms with Crippen molar-refractivity contribution in [3.05, 3.63) is 0 Å². The van der Waals surface area contributed by atoms with Crippen molar-refractivity contribution in [2.24, 2.45) is 29.1 Å². The van der Waals surface area contributed by atoms with E-state index in [0.29, 0.717) is 0 Å². The first-order valence-corrected chi connectivity index (χ1v) is 6.46. The Balaban J connectivity index is 1.63. The molecule has 78 valence electrons. The molecule has 4 fully saturated rings. The molecule has 0 aromatic heterocycles. The van der Waals surface area contributed by atoms with Gasteiger partial charge in [-0.15, -0.1) is 0 Å². The summed E-state index contributed by atoms with van der Waals surface area (Å²) in [5.74, 6) is 3.58. The van der Waals surface area contributed by atoms with E-state index >= 15 is 0 Å². The minimum atomic E-state index is 0.0731. The van der Waals surface area contributed by atoms with Crippen molar-refractivity contribution >= 4 is 0 Å². The maximum absolute atomic E-state index is 10.0. The highest BCUT2D eigenvalue weighted by Crippen LogP contribution is 2.68. The first-order chi connectivity index (χ1) is 6.77. The Bertz CT molecular complexity index is 268. The lowest BCUT2D eigenvalue weighted by atomic mass is 9.86. The summed E-state index contributed by atoms with van der Waals surface area (Å²) in [7, 11) is 0. The summed E-state index contributed by atoms with van der Waals surface area (Å²) in [4.78, 5) is 0. The van der Waals surface area contributed by atoms with Crippen LogP contribution in [-0.2, 0) is 0 Å². The predicted molar refractivity (Wildman–Crippen MR) is 54.7 cm³/mol. The molecule has 0 amide bonds. The minimum Gasteiger partial charge on any atom is -0.393 e. The third-order valence-electron chi connectivity index (χ3n) is 5.85. The van der Waals surface area contributed by atoms with Crippen LogP contribution in [0.2, 0.25) is 0 Å². The molecule has 0 heterocycles. The van der Waals surface area contributed by atoms with E-state index in [1.165, 1.54) is 38.5 Å². The van der Waals surface area contributed by atoms with Crippen LogP contribution in [0.25, 0.3) is 0 Å². The molecule has 1 spiro atoms. The molecule has 4 aliphatic rings. The van der Waals surface area contributed by atoms with Crippen LogP contribution in [0.1, 0.15) is 44.9 Å². The maximum Gasteiger partial charge on any atom is 0.0573 e. The van der Waals surface area contributed by atoms with E-state index in [1.807, 2.05) is 0 Å². The van der Waals surface area contributed by atoms with Gasteiger partial charge < -0.3 is 5.11 Å². The molecular weight excluding hydrogens is 172 g/mol. The van der Waals surface area contributed by atoms with Gasteiger partial charge in [-0.1, -0.05) is 0 Å². The summed E-state index contributed by atoms with van der Waals surface area (Å²) < 4.78 is 0. The fourth-order valence-electron chi connectivity index (χ4n) is 5.13. The van der Waals surface area contributed by atoms with E-state index < -0.39 is 0 Å². The average Bonchev–Trinajstić information content (AvgIpc) is 2.46. The Labute approximate surface area is 85.9 Å². The van der Waals surface area contributed by atoms with Gasteiger partial charge in [-0.05, 0) is 74.0 Å². The largest absolute Gasteiger partial charge is 0.393 e. The molecule has 1 unspecified atom stereocenters. The molecule has 0 aliphatic heterocycles. The van der Waals surface area contributed by atoms with Crippen LogP contribution >= 0.6 is 0 Å². The maximum atomic E-state index is 10.0. The van der Waals surface area contributed by atoms with Crippen molar-refractivity contribution in [2.45, 2.75) is 51.0 Å². The number of hydrogen-bond acceptors (Lipinski definition) is 1. The van der Waals surface area contributed by atoms with Gasteiger partial charge in [-0.2, -0.15) is 0 Å². The molecule has 0 saturated heterocycles. The van der Waals surface area contributed by atoms with Crippen molar-refractivity contribution in [2.75, 3.05) is 0 Å². The summed E-state index contributed by atoms with van der Waals surface area (Å²) in [6.07, 6.45) is 9.99. The van der Waals surface area contributed by atoms with Gasteiger partial charge in [0.1, 0.15) is 0 Å². The molecule has 0 aromatic rings. The number of aliphatic hydroxyl groups is 1. The Morgan fingerprint density at radius 2 is 1.86 bits per heavy atom. The van der Waals surface area contributed by atoms with Crippen molar-refractivity contribution in [3.8, 4) is 0 Å². The third kappa shape index (κ3) is 0.900. The van der Waals surface area contributed by atoms with Crippen LogP contribution in [0.15, 0.2) is 0 Å². The molecule has 4 aliphatic carbocycles. The fourth-order valence-corrected chi connectivity index (χ4v) is 5.13. The van der Waals surface area contributed by atoms with E-state index in [2.05, 4.69) is 0 Å². The van der Waals surface area contributed by atoms with Crippen LogP contribution in [0.5, 0.6) is 0 Å². The second-order valence-electron chi connectivity index (χ2n) is 6.55. The van der Waals surface area contributed by atoms with Gasteiger partial charge in [-0.25, -0.2) is 0 Å². The topological polar surface area (TPSA) is 20.2 Å². The Kier molecular flexibility index (Phi) is 1.38. The molecule has 5 atom stereocenters. The summed E-state index contributed by atoms with van der Waals surface area (Å²) in [5.41, 5.74) is 0.808. The Hall–Kier alpha value is -0.0400. The van der Waals surface area contributed by atoms with Crippen LogP contribution in [0, 0.1) is 29.1 Å². The van der Waals surface area contributed by atoms with E-state index in [-0.39, 0.29) is 6.10 Å². The van der Waals surface area contributed by atoms with Gasteiger partial charge in [0.25, 0.3) is 0 Å². The zero-order valence-electron chi connectivity index (χ0n) is 8.78. The van der Waals surface area contributed by atoms with E-state index in [0.717, 1.165) is 35.5 Å². The lowest BCUT2D eigenvalue weighted by molar-refractivity contribution is 0.0940. The van der Waals surface area contributed by atoms with Gasteiger partial charge in [0, 0.05) is 0 Å². The molecular formula is C13H20O. The summed E-state index contributed by atoms with van der Waals surface area (Å²) in [5, 5.41) is 10.0. The highest BCUT2D eigenvalue weighted by atomic mass is 16.3. The molecule has 4 saturated carbocycles. The normalized spacial score (nSPS) is 57.6. The quantitative estimate of drug-likeness (QED) is 0.625. The van der Waals surface area contributed by atoms with Crippen LogP contribution in [-0.4, -0.2) is 11.2 Å². The molecule has 0 aromatic carbocycles. The second kappa shape index (κ2) is 2.37. The molecule has 1 nitrogen and oxygen atoms in total. The number of aliphatic hydroxyl groups excluding tert-OH is 1. The van der Waals surface area contributed by atoms with Crippen molar-refractivity contribution in [1.29, 1.82) is 0 Å². The number of hydrogen-bond donors (Lipinski definition) is 1. The number of rotatable bonds is 0. The second-order valence-corrected chi connectivity index (χ2v) is 6.55. The summed E-state index contributed by atoms with van der Waals surface area (Å²) >= 11 is 0. The fraction of sp³-hybridized carbons (Fsp3) is 1.00. The Morgan fingerprint density at radius 1 is 1.00 bits per heavy atom. The zero-order chi connectivity index (χ0) is 9.34. The van der Waals surface area contributed by atoms with Crippen molar-refractivity contribution in [3.63, 3.8) is 0 Å². The van der Waals surface area contributed by atoms with E-state index in [1.54, 1.807) is 0 Å². The van der Waals surface area contributed by atoms with Gasteiger partial charge in [0.05, 0.1) is 6.10 Å². The predicted octanol–water partition coefficient (Wildman–Crippen LogP) is 2.58. The highest BCUT2D eigenvalue weighted by molar-refractivity contribution is 5.10. The molecule has 1 heteroatoms.